The Hall–Kier alpha value is -2.13. The van der Waals surface area contributed by atoms with Crippen molar-refractivity contribution >= 4 is 22.6 Å². The zero-order valence-corrected chi connectivity index (χ0v) is 11.1. The minimum Gasteiger partial charge on any atom is -0.437 e. The minimum atomic E-state index is 0.471. The lowest BCUT2D eigenvalue weighted by molar-refractivity contribution is 0.462. The smallest absolute Gasteiger partial charge is 0.238 e. The van der Waals surface area contributed by atoms with Gasteiger partial charge in [0.25, 0.3) is 0 Å². The predicted octanol–water partition coefficient (Wildman–Crippen LogP) is 4.38. The van der Waals surface area contributed by atoms with Crippen LogP contribution < -0.4 is 4.74 Å². The second-order valence-corrected chi connectivity index (χ2v) is 4.69. The van der Waals surface area contributed by atoms with Crippen molar-refractivity contribution in [2.45, 2.75) is 6.92 Å². The zero-order valence-electron chi connectivity index (χ0n) is 10.3. The molecule has 0 bridgehead atoms. The first-order chi connectivity index (χ1) is 9.20. The van der Waals surface area contributed by atoms with Gasteiger partial charge in [-0.1, -0.05) is 29.3 Å². The third kappa shape index (κ3) is 2.66. The standard InChI is InChI=1S/C15H11ClN2O/c1-10-2-5-12(6-3-10)19-15-9-17-14-8-11(16)4-7-13(14)18-15/h2-9H,1H3. The van der Waals surface area contributed by atoms with E-state index in [1.807, 2.05) is 37.3 Å². The molecule has 0 aliphatic heterocycles. The van der Waals surface area contributed by atoms with Gasteiger partial charge in [0.1, 0.15) is 5.75 Å². The number of halogens is 1. The molecule has 2 aromatic carbocycles. The average molecular weight is 271 g/mol. The Morgan fingerprint density at radius 3 is 2.58 bits per heavy atom. The lowest BCUT2D eigenvalue weighted by Gasteiger charge is -2.05. The normalized spacial score (nSPS) is 10.6. The number of benzene rings is 2. The van der Waals surface area contributed by atoms with Crippen molar-refractivity contribution in [1.82, 2.24) is 9.97 Å². The predicted molar refractivity (Wildman–Crippen MR) is 75.8 cm³/mol. The SMILES string of the molecule is Cc1ccc(Oc2cnc3cc(Cl)ccc3n2)cc1. The maximum atomic E-state index is 5.90. The van der Waals surface area contributed by atoms with E-state index in [1.165, 1.54) is 5.56 Å². The number of hydrogen-bond acceptors (Lipinski definition) is 3. The Kier molecular flexibility index (Phi) is 3.05. The van der Waals surface area contributed by atoms with Crippen molar-refractivity contribution in [2.75, 3.05) is 0 Å². The lowest BCUT2D eigenvalue weighted by Crippen LogP contribution is -1.91. The van der Waals surface area contributed by atoms with Gasteiger partial charge in [-0.05, 0) is 37.3 Å². The maximum absolute atomic E-state index is 5.90. The van der Waals surface area contributed by atoms with Crippen LogP contribution >= 0.6 is 11.6 Å². The van der Waals surface area contributed by atoms with Gasteiger partial charge in [-0.25, -0.2) is 9.97 Å². The maximum Gasteiger partial charge on any atom is 0.238 e. The second kappa shape index (κ2) is 4.86. The fourth-order valence-corrected chi connectivity index (χ4v) is 1.91. The third-order valence-corrected chi connectivity index (χ3v) is 2.96. The first kappa shape index (κ1) is 11.9. The lowest BCUT2D eigenvalue weighted by atomic mass is 10.2. The summed E-state index contributed by atoms with van der Waals surface area (Å²) in [5, 5.41) is 0.647. The fraction of sp³-hybridized carbons (Fsp3) is 0.0667. The van der Waals surface area contributed by atoms with E-state index in [1.54, 1.807) is 18.3 Å². The molecule has 1 aromatic heterocycles. The molecule has 0 atom stereocenters. The molecule has 0 radical (unpaired) electrons. The van der Waals surface area contributed by atoms with Crippen molar-refractivity contribution in [3.63, 3.8) is 0 Å². The van der Waals surface area contributed by atoms with Crippen LogP contribution in [0.1, 0.15) is 5.56 Å². The summed E-state index contributed by atoms with van der Waals surface area (Å²) in [5.41, 5.74) is 2.70. The van der Waals surface area contributed by atoms with Gasteiger partial charge in [-0.2, -0.15) is 0 Å². The average Bonchev–Trinajstić information content (AvgIpc) is 2.42. The number of aryl methyl sites for hydroxylation is 1. The van der Waals surface area contributed by atoms with Crippen molar-refractivity contribution in [3.05, 3.63) is 59.2 Å². The molecule has 0 N–H and O–H groups in total. The molecule has 4 heteroatoms. The van der Waals surface area contributed by atoms with Crippen molar-refractivity contribution in [2.24, 2.45) is 0 Å². The number of fused-ring (bicyclic) bond motifs is 1. The van der Waals surface area contributed by atoms with E-state index in [2.05, 4.69) is 9.97 Å². The molecule has 0 fully saturated rings. The first-order valence-electron chi connectivity index (χ1n) is 5.87. The van der Waals surface area contributed by atoms with E-state index < -0.39 is 0 Å². The van der Waals surface area contributed by atoms with Gasteiger partial charge in [0, 0.05) is 5.02 Å². The van der Waals surface area contributed by atoms with Crippen LogP contribution in [0.25, 0.3) is 11.0 Å². The molecule has 19 heavy (non-hydrogen) atoms. The topological polar surface area (TPSA) is 35.0 Å². The molecule has 0 unspecified atom stereocenters. The molecule has 3 rings (SSSR count). The van der Waals surface area contributed by atoms with E-state index in [-0.39, 0.29) is 0 Å². The summed E-state index contributed by atoms with van der Waals surface area (Å²) in [7, 11) is 0. The van der Waals surface area contributed by atoms with E-state index >= 15 is 0 Å². The summed E-state index contributed by atoms with van der Waals surface area (Å²) in [6, 6.07) is 13.2. The molecule has 3 nitrogen and oxygen atoms in total. The van der Waals surface area contributed by atoms with Gasteiger partial charge in [-0.3, -0.25) is 0 Å². The highest BCUT2D eigenvalue weighted by molar-refractivity contribution is 6.31. The number of ether oxygens (including phenoxy) is 1. The van der Waals surface area contributed by atoms with Gasteiger partial charge in [0.15, 0.2) is 0 Å². The molecule has 94 valence electrons. The highest BCUT2D eigenvalue weighted by Crippen LogP contribution is 2.22. The van der Waals surface area contributed by atoms with Crippen LogP contribution in [0.4, 0.5) is 0 Å². The van der Waals surface area contributed by atoms with Crippen LogP contribution in [-0.4, -0.2) is 9.97 Å². The van der Waals surface area contributed by atoms with Crippen LogP contribution in [0, 0.1) is 6.92 Å². The Morgan fingerprint density at radius 2 is 1.79 bits per heavy atom. The second-order valence-electron chi connectivity index (χ2n) is 4.26. The van der Waals surface area contributed by atoms with Crippen molar-refractivity contribution in [3.8, 4) is 11.6 Å². The van der Waals surface area contributed by atoms with E-state index in [0.29, 0.717) is 10.9 Å². The molecule has 0 spiro atoms. The van der Waals surface area contributed by atoms with Gasteiger partial charge in [0.2, 0.25) is 5.88 Å². The number of aromatic nitrogens is 2. The van der Waals surface area contributed by atoms with Crippen molar-refractivity contribution in [1.29, 1.82) is 0 Å². The van der Waals surface area contributed by atoms with Crippen LogP contribution in [0.2, 0.25) is 5.02 Å². The molecule has 0 aliphatic carbocycles. The zero-order chi connectivity index (χ0) is 13.2. The molecule has 0 saturated carbocycles. The Balaban J connectivity index is 1.93. The Morgan fingerprint density at radius 1 is 1.00 bits per heavy atom. The summed E-state index contributed by atoms with van der Waals surface area (Å²) in [4.78, 5) is 8.67. The number of nitrogens with zero attached hydrogens (tertiary/aromatic N) is 2. The Labute approximate surface area is 115 Å². The summed E-state index contributed by atoms with van der Waals surface area (Å²) in [6.07, 6.45) is 1.60. The largest absolute Gasteiger partial charge is 0.437 e. The van der Waals surface area contributed by atoms with Crippen LogP contribution in [0.3, 0.4) is 0 Å². The van der Waals surface area contributed by atoms with Gasteiger partial charge >= 0.3 is 0 Å². The van der Waals surface area contributed by atoms with Crippen LogP contribution in [-0.2, 0) is 0 Å². The quantitative estimate of drug-likeness (QED) is 0.693. The summed E-state index contributed by atoms with van der Waals surface area (Å²) >= 11 is 5.90. The van der Waals surface area contributed by atoms with E-state index in [4.69, 9.17) is 16.3 Å². The molecule has 1 heterocycles. The minimum absolute atomic E-state index is 0.471. The van der Waals surface area contributed by atoms with Gasteiger partial charge < -0.3 is 4.74 Å². The molecular formula is C15H11ClN2O. The monoisotopic (exact) mass is 270 g/mol. The van der Waals surface area contributed by atoms with Crippen molar-refractivity contribution < 1.29 is 4.74 Å². The van der Waals surface area contributed by atoms with E-state index in [9.17, 15) is 0 Å². The molecular weight excluding hydrogens is 260 g/mol. The van der Waals surface area contributed by atoms with Gasteiger partial charge in [0.05, 0.1) is 17.2 Å². The summed E-state index contributed by atoms with van der Waals surface area (Å²) in [6.45, 7) is 2.03. The summed E-state index contributed by atoms with van der Waals surface area (Å²) < 4.78 is 5.67. The number of rotatable bonds is 2. The molecule has 0 saturated heterocycles. The van der Waals surface area contributed by atoms with Crippen LogP contribution in [0.15, 0.2) is 48.7 Å². The molecule has 0 aliphatic rings. The first-order valence-corrected chi connectivity index (χ1v) is 6.25. The Bertz CT molecular complexity index is 726. The number of hydrogen-bond donors (Lipinski definition) is 0. The summed E-state index contributed by atoms with van der Waals surface area (Å²) in [5.74, 6) is 1.21. The molecule has 0 amide bonds. The third-order valence-electron chi connectivity index (χ3n) is 2.73. The fourth-order valence-electron chi connectivity index (χ4n) is 1.74. The molecule has 3 aromatic rings. The van der Waals surface area contributed by atoms with Gasteiger partial charge in [-0.15, -0.1) is 0 Å². The highest BCUT2D eigenvalue weighted by Gasteiger charge is 2.03. The van der Waals surface area contributed by atoms with Crippen LogP contribution in [0.5, 0.6) is 11.6 Å². The van der Waals surface area contributed by atoms with E-state index in [0.717, 1.165) is 16.8 Å². The highest BCUT2D eigenvalue weighted by atomic mass is 35.5.